The van der Waals surface area contributed by atoms with Gasteiger partial charge < -0.3 is 4.74 Å². The number of aromatic nitrogens is 1. The van der Waals surface area contributed by atoms with Crippen molar-refractivity contribution < 1.29 is 4.74 Å². The van der Waals surface area contributed by atoms with Crippen molar-refractivity contribution in [3.63, 3.8) is 0 Å². The van der Waals surface area contributed by atoms with Gasteiger partial charge in [0.2, 0.25) is 0 Å². The standard InChI is InChI=1S/C17H23NO/c1-2-8-16(15-7-3-6-12-18-15)11-13-19-17(14-16)9-4-5-10-17/h2-3,6-7,12H,1,4-5,8-11,13-14H2/t16-/m1/s1. The van der Waals surface area contributed by atoms with Gasteiger partial charge in [-0.1, -0.05) is 25.0 Å². The Labute approximate surface area is 115 Å². The summed E-state index contributed by atoms with van der Waals surface area (Å²) in [6.45, 7) is 4.84. The largest absolute Gasteiger partial charge is 0.375 e. The average Bonchev–Trinajstić information content (AvgIpc) is 2.88. The molecule has 19 heavy (non-hydrogen) atoms. The van der Waals surface area contributed by atoms with Crippen molar-refractivity contribution in [3.8, 4) is 0 Å². The second-order valence-corrected chi connectivity index (χ2v) is 6.15. The highest BCUT2D eigenvalue weighted by Gasteiger charge is 2.47. The lowest BCUT2D eigenvalue weighted by Crippen LogP contribution is -2.46. The van der Waals surface area contributed by atoms with E-state index in [0.29, 0.717) is 0 Å². The van der Waals surface area contributed by atoms with Crippen LogP contribution in [0.2, 0.25) is 0 Å². The molecule has 2 heterocycles. The van der Waals surface area contributed by atoms with Crippen LogP contribution in [0.5, 0.6) is 0 Å². The van der Waals surface area contributed by atoms with Gasteiger partial charge in [-0.3, -0.25) is 4.98 Å². The average molecular weight is 257 g/mol. The minimum absolute atomic E-state index is 0.124. The molecule has 2 aliphatic rings. The van der Waals surface area contributed by atoms with Crippen molar-refractivity contribution >= 4 is 0 Å². The van der Waals surface area contributed by atoms with Crippen LogP contribution >= 0.6 is 0 Å². The van der Waals surface area contributed by atoms with Gasteiger partial charge in [0.25, 0.3) is 0 Å². The zero-order valence-corrected chi connectivity index (χ0v) is 11.6. The molecule has 0 bridgehead atoms. The first kappa shape index (κ1) is 12.9. The quantitative estimate of drug-likeness (QED) is 0.763. The van der Waals surface area contributed by atoms with Crippen molar-refractivity contribution in [2.45, 2.75) is 56.0 Å². The fraction of sp³-hybridized carbons (Fsp3) is 0.588. The molecule has 1 saturated heterocycles. The van der Waals surface area contributed by atoms with Crippen LogP contribution in [0.1, 0.15) is 50.6 Å². The highest BCUT2D eigenvalue weighted by Crippen LogP contribution is 2.49. The molecule has 1 saturated carbocycles. The summed E-state index contributed by atoms with van der Waals surface area (Å²) in [5.41, 5.74) is 1.49. The summed E-state index contributed by atoms with van der Waals surface area (Å²) in [7, 11) is 0. The predicted molar refractivity (Wildman–Crippen MR) is 77.1 cm³/mol. The lowest BCUT2D eigenvalue weighted by molar-refractivity contribution is -0.102. The molecule has 1 aromatic rings. The van der Waals surface area contributed by atoms with E-state index in [-0.39, 0.29) is 11.0 Å². The molecular formula is C17H23NO. The number of rotatable bonds is 3. The van der Waals surface area contributed by atoms with Crippen LogP contribution < -0.4 is 0 Å². The smallest absolute Gasteiger partial charge is 0.0691 e. The van der Waals surface area contributed by atoms with Gasteiger partial charge in [0.1, 0.15) is 0 Å². The molecule has 3 rings (SSSR count). The molecule has 0 amide bonds. The Morgan fingerprint density at radius 3 is 2.79 bits per heavy atom. The van der Waals surface area contributed by atoms with E-state index in [1.165, 1.54) is 31.4 Å². The maximum absolute atomic E-state index is 6.19. The van der Waals surface area contributed by atoms with Crippen molar-refractivity contribution in [2.24, 2.45) is 0 Å². The van der Waals surface area contributed by atoms with Gasteiger partial charge in [0, 0.05) is 23.9 Å². The lowest BCUT2D eigenvalue weighted by Gasteiger charge is -2.46. The summed E-state index contributed by atoms with van der Waals surface area (Å²) in [6, 6.07) is 6.28. The summed E-state index contributed by atoms with van der Waals surface area (Å²) in [6.07, 6.45) is 12.2. The van der Waals surface area contributed by atoms with Crippen LogP contribution in [-0.2, 0) is 10.2 Å². The molecular weight excluding hydrogens is 234 g/mol. The van der Waals surface area contributed by atoms with E-state index < -0.39 is 0 Å². The summed E-state index contributed by atoms with van der Waals surface area (Å²) in [5, 5.41) is 0. The number of nitrogens with zero attached hydrogens (tertiary/aromatic N) is 1. The summed E-state index contributed by atoms with van der Waals surface area (Å²) >= 11 is 0. The Bertz CT molecular complexity index is 436. The molecule has 0 N–H and O–H groups in total. The second-order valence-electron chi connectivity index (χ2n) is 6.15. The van der Waals surface area contributed by atoms with E-state index in [1.807, 2.05) is 12.3 Å². The van der Waals surface area contributed by atoms with E-state index in [0.717, 1.165) is 25.9 Å². The fourth-order valence-electron chi connectivity index (χ4n) is 4.01. The van der Waals surface area contributed by atoms with Crippen LogP contribution in [-0.4, -0.2) is 17.2 Å². The van der Waals surface area contributed by atoms with Crippen molar-refractivity contribution in [1.82, 2.24) is 4.98 Å². The third kappa shape index (κ3) is 2.34. The van der Waals surface area contributed by atoms with Gasteiger partial charge in [-0.05, 0) is 44.2 Å². The van der Waals surface area contributed by atoms with Gasteiger partial charge in [-0.2, -0.15) is 0 Å². The highest BCUT2D eigenvalue weighted by molar-refractivity contribution is 5.21. The molecule has 2 fully saturated rings. The van der Waals surface area contributed by atoms with Crippen LogP contribution in [0.4, 0.5) is 0 Å². The monoisotopic (exact) mass is 257 g/mol. The third-order valence-electron chi connectivity index (χ3n) is 4.91. The predicted octanol–water partition coefficient (Wildman–Crippen LogP) is 4.02. The third-order valence-corrected chi connectivity index (χ3v) is 4.91. The molecule has 2 nitrogen and oxygen atoms in total. The molecule has 1 aliphatic heterocycles. The topological polar surface area (TPSA) is 22.1 Å². The van der Waals surface area contributed by atoms with Crippen molar-refractivity contribution in [2.75, 3.05) is 6.61 Å². The first-order valence-electron chi connectivity index (χ1n) is 7.45. The zero-order chi connectivity index (χ0) is 13.2. The van der Waals surface area contributed by atoms with Gasteiger partial charge in [0.15, 0.2) is 0 Å². The number of pyridine rings is 1. The second kappa shape index (κ2) is 5.09. The van der Waals surface area contributed by atoms with Crippen LogP contribution in [0.15, 0.2) is 37.1 Å². The summed E-state index contributed by atoms with van der Waals surface area (Å²) in [4.78, 5) is 4.64. The Morgan fingerprint density at radius 1 is 1.26 bits per heavy atom. The van der Waals surface area contributed by atoms with Gasteiger partial charge in [0.05, 0.1) is 5.60 Å². The van der Waals surface area contributed by atoms with Gasteiger partial charge in [-0.15, -0.1) is 6.58 Å². The Kier molecular flexibility index (Phi) is 3.44. The van der Waals surface area contributed by atoms with E-state index >= 15 is 0 Å². The molecule has 1 spiro atoms. The van der Waals surface area contributed by atoms with Gasteiger partial charge >= 0.3 is 0 Å². The summed E-state index contributed by atoms with van der Waals surface area (Å²) < 4.78 is 6.19. The molecule has 1 aromatic heterocycles. The number of hydrogen-bond acceptors (Lipinski definition) is 2. The highest BCUT2D eigenvalue weighted by atomic mass is 16.5. The molecule has 0 unspecified atom stereocenters. The van der Waals surface area contributed by atoms with E-state index in [9.17, 15) is 0 Å². The lowest BCUT2D eigenvalue weighted by atomic mass is 9.68. The van der Waals surface area contributed by atoms with Crippen LogP contribution in [0.25, 0.3) is 0 Å². The normalized spacial score (nSPS) is 29.5. The molecule has 0 aromatic carbocycles. The summed E-state index contributed by atoms with van der Waals surface area (Å²) in [5.74, 6) is 0. The van der Waals surface area contributed by atoms with Crippen LogP contribution in [0.3, 0.4) is 0 Å². The van der Waals surface area contributed by atoms with Crippen molar-refractivity contribution in [3.05, 3.63) is 42.7 Å². The fourth-order valence-corrected chi connectivity index (χ4v) is 4.01. The van der Waals surface area contributed by atoms with E-state index in [2.05, 4.69) is 29.8 Å². The number of ether oxygens (including phenoxy) is 1. The Morgan fingerprint density at radius 2 is 2.11 bits per heavy atom. The molecule has 1 aliphatic carbocycles. The van der Waals surface area contributed by atoms with E-state index in [1.54, 1.807) is 0 Å². The molecule has 1 atom stereocenters. The van der Waals surface area contributed by atoms with E-state index in [4.69, 9.17) is 4.74 Å². The SMILES string of the molecule is C=CC[C@@]1(c2ccccn2)CCOC2(CCCC2)C1. The molecule has 2 heteroatoms. The first-order chi connectivity index (χ1) is 9.29. The maximum atomic E-state index is 6.19. The number of hydrogen-bond donors (Lipinski definition) is 0. The Balaban J connectivity index is 1.94. The minimum atomic E-state index is 0.124. The Hall–Kier alpha value is -1.15. The molecule has 0 radical (unpaired) electrons. The first-order valence-corrected chi connectivity index (χ1v) is 7.45. The minimum Gasteiger partial charge on any atom is -0.375 e. The zero-order valence-electron chi connectivity index (χ0n) is 11.6. The van der Waals surface area contributed by atoms with Crippen LogP contribution in [0, 0.1) is 0 Å². The van der Waals surface area contributed by atoms with Gasteiger partial charge in [-0.25, -0.2) is 0 Å². The molecule has 102 valence electrons. The maximum Gasteiger partial charge on any atom is 0.0691 e. The number of allylic oxidation sites excluding steroid dienone is 1. The van der Waals surface area contributed by atoms with Crippen molar-refractivity contribution in [1.29, 1.82) is 0 Å².